The van der Waals surface area contributed by atoms with Gasteiger partial charge < -0.3 is 5.11 Å². The summed E-state index contributed by atoms with van der Waals surface area (Å²) in [6.45, 7) is 1.31. The molecule has 14 heavy (non-hydrogen) atoms. The molecule has 1 rings (SSSR count). The quantitative estimate of drug-likeness (QED) is 0.781. The summed E-state index contributed by atoms with van der Waals surface area (Å²) in [5.74, 6) is -0.924. The fourth-order valence-corrected chi connectivity index (χ4v) is 2.27. The highest BCUT2D eigenvalue weighted by molar-refractivity contribution is 7.91. The Morgan fingerprint density at radius 3 is 2.29 bits per heavy atom. The molecule has 1 N–H and O–H groups in total. The van der Waals surface area contributed by atoms with E-state index in [4.69, 9.17) is 5.11 Å². The molecular weight excluding hydrogens is 207 g/mol. The smallest absolute Gasteiger partial charge is 0.181 e. The van der Waals surface area contributed by atoms with Crippen LogP contribution in [-0.4, -0.2) is 19.3 Å². The minimum atomic E-state index is -3.53. The number of aliphatic hydroxyl groups excluding tert-OH is 1. The van der Waals surface area contributed by atoms with Crippen LogP contribution in [0.1, 0.15) is 6.92 Å². The Hall–Kier alpha value is -0.940. The average Bonchev–Trinajstić information content (AvgIpc) is 2.02. The molecule has 0 saturated heterocycles. The molecule has 1 radical (unpaired) electrons. The van der Waals surface area contributed by atoms with Crippen LogP contribution >= 0.6 is 0 Å². The van der Waals surface area contributed by atoms with Crippen LogP contribution < -0.4 is 0 Å². The second kappa shape index (κ2) is 4.06. The monoisotopic (exact) mass is 217 g/mol. The Kier molecular flexibility index (Phi) is 3.23. The second-order valence-corrected chi connectivity index (χ2v) is 4.94. The molecule has 0 saturated carbocycles. The molecule has 0 heterocycles. The van der Waals surface area contributed by atoms with Crippen LogP contribution in [0.25, 0.3) is 0 Å². The zero-order valence-corrected chi connectivity index (χ0v) is 8.38. The van der Waals surface area contributed by atoms with E-state index in [0.717, 1.165) is 12.1 Å². The van der Waals surface area contributed by atoms with E-state index in [0.29, 0.717) is 0 Å². The van der Waals surface area contributed by atoms with E-state index in [-0.39, 0.29) is 11.0 Å². The molecule has 0 unspecified atom stereocenters. The minimum Gasteiger partial charge on any atom is -0.386 e. The van der Waals surface area contributed by atoms with Gasteiger partial charge in [-0.3, -0.25) is 0 Å². The van der Waals surface area contributed by atoms with Gasteiger partial charge in [0.2, 0.25) is 0 Å². The van der Waals surface area contributed by atoms with E-state index >= 15 is 0 Å². The van der Waals surface area contributed by atoms with Crippen molar-refractivity contribution >= 4 is 9.84 Å². The standard InChI is InChI=1S/C9H10FO3S/c1-7(11)6-14(12,13)9-4-2-8(10)3-5-9/h2-5,11H,6H2,1H3. The van der Waals surface area contributed by atoms with E-state index in [1.54, 1.807) is 0 Å². The van der Waals surface area contributed by atoms with Crippen molar-refractivity contribution in [2.45, 2.75) is 11.8 Å². The Balaban J connectivity index is 2.99. The number of hydrogen-bond donors (Lipinski definition) is 1. The van der Waals surface area contributed by atoms with Crippen LogP contribution in [0, 0.1) is 11.9 Å². The maximum atomic E-state index is 12.5. The van der Waals surface area contributed by atoms with Crippen LogP contribution in [0.3, 0.4) is 0 Å². The zero-order chi connectivity index (χ0) is 10.8. The summed E-state index contributed by atoms with van der Waals surface area (Å²) in [5.41, 5.74) is 0. The molecule has 5 heteroatoms. The van der Waals surface area contributed by atoms with Crippen molar-refractivity contribution in [3.63, 3.8) is 0 Å². The summed E-state index contributed by atoms with van der Waals surface area (Å²) in [7, 11) is -3.53. The van der Waals surface area contributed by atoms with Gasteiger partial charge in [-0.15, -0.1) is 0 Å². The Morgan fingerprint density at radius 2 is 1.86 bits per heavy atom. The van der Waals surface area contributed by atoms with Gasteiger partial charge in [0.15, 0.2) is 9.84 Å². The lowest BCUT2D eigenvalue weighted by molar-refractivity contribution is 0.326. The first-order valence-corrected chi connectivity index (χ1v) is 5.57. The molecule has 1 aromatic rings. The molecule has 0 aromatic heterocycles. The number of halogens is 1. The second-order valence-electron chi connectivity index (χ2n) is 2.95. The number of rotatable bonds is 3. The Morgan fingerprint density at radius 1 is 1.36 bits per heavy atom. The number of benzene rings is 1. The Bertz CT molecular complexity index is 395. The molecule has 3 nitrogen and oxygen atoms in total. The highest BCUT2D eigenvalue weighted by Gasteiger charge is 2.17. The maximum absolute atomic E-state index is 12.5. The summed E-state index contributed by atoms with van der Waals surface area (Å²) in [4.78, 5) is 0.00676. The summed E-state index contributed by atoms with van der Waals surface area (Å²) in [6.07, 6.45) is -0.186. The van der Waals surface area contributed by atoms with Crippen molar-refractivity contribution in [3.8, 4) is 0 Å². The number of aliphatic hydroxyl groups is 1. The lowest BCUT2D eigenvalue weighted by Crippen LogP contribution is -2.12. The number of hydrogen-bond acceptors (Lipinski definition) is 3. The molecule has 0 aliphatic rings. The summed E-state index contributed by atoms with van der Waals surface area (Å²) in [6, 6.07) is 4.49. The van der Waals surface area contributed by atoms with Crippen LogP contribution in [0.4, 0.5) is 4.39 Å². The fraction of sp³-hybridized carbons (Fsp3) is 0.222. The van der Waals surface area contributed by atoms with Crippen LogP contribution in [0.2, 0.25) is 0 Å². The third-order valence-corrected chi connectivity index (χ3v) is 3.36. The largest absolute Gasteiger partial charge is 0.386 e. The molecule has 0 atom stereocenters. The molecular formula is C9H10FO3S. The maximum Gasteiger partial charge on any atom is 0.181 e. The van der Waals surface area contributed by atoms with Gasteiger partial charge in [0.1, 0.15) is 11.9 Å². The topological polar surface area (TPSA) is 54.4 Å². The van der Waals surface area contributed by atoms with Crippen molar-refractivity contribution in [1.29, 1.82) is 0 Å². The molecule has 0 spiro atoms. The molecule has 0 aliphatic heterocycles. The van der Waals surface area contributed by atoms with Crippen molar-refractivity contribution < 1.29 is 17.9 Å². The predicted molar refractivity (Wildman–Crippen MR) is 49.3 cm³/mol. The molecule has 77 valence electrons. The molecule has 0 amide bonds. The molecule has 0 fully saturated rings. The van der Waals surface area contributed by atoms with Gasteiger partial charge in [0, 0.05) is 0 Å². The van der Waals surface area contributed by atoms with E-state index < -0.39 is 21.4 Å². The van der Waals surface area contributed by atoms with Gasteiger partial charge in [0.25, 0.3) is 0 Å². The SMILES string of the molecule is C[C](O)CS(=O)(=O)c1ccc(F)cc1. The van der Waals surface area contributed by atoms with Gasteiger partial charge in [-0.1, -0.05) is 0 Å². The summed E-state index contributed by atoms with van der Waals surface area (Å²) in [5, 5.41) is 8.87. The molecule has 1 aromatic carbocycles. The van der Waals surface area contributed by atoms with Gasteiger partial charge in [-0.25, -0.2) is 12.8 Å². The lowest BCUT2D eigenvalue weighted by Gasteiger charge is -2.05. The third-order valence-electron chi connectivity index (χ3n) is 1.57. The van der Waals surface area contributed by atoms with Crippen molar-refractivity contribution in [2.24, 2.45) is 0 Å². The zero-order valence-electron chi connectivity index (χ0n) is 7.57. The third kappa shape index (κ3) is 2.78. The first kappa shape index (κ1) is 11.1. The van der Waals surface area contributed by atoms with Gasteiger partial charge >= 0.3 is 0 Å². The fourth-order valence-electron chi connectivity index (χ4n) is 1.00. The lowest BCUT2D eigenvalue weighted by atomic mass is 10.4. The van der Waals surface area contributed by atoms with E-state index in [1.807, 2.05) is 0 Å². The van der Waals surface area contributed by atoms with E-state index in [9.17, 15) is 12.8 Å². The van der Waals surface area contributed by atoms with Gasteiger partial charge in [-0.2, -0.15) is 0 Å². The highest BCUT2D eigenvalue weighted by atomic mass is 32.2. The van der Waals surface area contributed by atoms with Crippen molar-refractivity contribution in [1.82, 2.24) is 0 Å². The first-order chi connectivity index (χ1) is 6.42. The van der Waals surface area contributed by atoms with Crippen LogP contribution in [-0.2, 0) is 9.84 Å². The predicted octanol–water partition coefficient (Wildman–Crippen LogP) is 1.52. The van der Waals surface area contributed by atoms with Crippen LogP contribution in [0.15, 0.2) is 29.2 Å². The Labute approximate surface area is 82.1 Å². The summed E-state index contributed by atoms with van der Waals surface area (Å²) >= 11 is 0. The van der Waals surface area contributed by atoms with E-state index in [2.05, 4.69) is 0 Å². The van der Waals surface area contributed by atoms with Gasteiger partial charge in [0.05, 0.1) is 10.6 Å². The normalized spacial score (nSPS) is 12.0. The van der Waals surface area contributed by atoms with Crippen LogP contribution in [0.5, 0.6) is 0 Å². The molecule has 0 bridgehead atoms. The minimum absolute atomic E-state index is 0.00676. The van der Waals surface area contributed by atoms with Crippen molar-refractivity contribution in [2.75, 3.05) is 5.75 Å². The molecule has 0 aliphatic carbocycles. The first-order valence-electron chi connectivity index (χ1n) is 3.91. The van der Waals surface area contributed by atoms with Gasteiger partial charge in [-0.05, 0) is 31.2 Å². The average molecular weight is 217 g/mol. The van der Waals surface area contributed by atoms with E-state index in [1.165, 1.54) is 19.1 Å². The van der Waals surface area contributed by atoms with Crippen molar-refractivity contribution in [3.05, 3.63) is 36.2 Å². The summed E-state index contributed by atoms with van der Waals surface area (Å²) < 4.78 is 35.4. The highest BCUT2D eigenvalue weighted by Crippen LogP contribution is 2.14. The number of sulfone groups is 1.